The van der Waals surface area contributed by atoms with E-state index in [0.29, 0.717) is 13.1 Å². The van der Waals surface area contributed by atoms with Crippen LogP contribution in [-0.4, -0.2) is 25.1 Å². The number of ether oxygens (including phenoxy) is 1. The minimum Gasteiger partial charge on any atom is -0.480 e. The predicted octanol–water partition coefficient (Wildman–Crippen LogP) is 2.16. The third-order valence-corrected chi connectivity index (χ3v) is 3.20. The quantitative estimate of drug-likeness (QED) is 0.841. The van der Waals surface area contributed by atoms with Gasteiger partial charge in [0, 0.05) is 11.0 Å². The van der Waals surface area contributed by atoms with Gasteiger partial charge in [0.25, 0.3) is 5.91 Å². The Morgan fingerprint density at radius 2 is 2.21 bits per heavy atom. The Morgan fingerprint density at radius 1 is 1.53 bits per heavy atom. The normalized spacial score (nSPS) is 12.1. The van der Waals surface area contributed by atoms with Gasteiger partial charge in [-0.15, -0.1) is 0 Å². The Morgan fingerprint density at radius 3 is 2.79 bits per heavy atom. The number of hydrogen-bond acceptors (Lipinski definition) is 3. The maximum atomic E-state index is 11.7. The molecule has 0 heterocycles. The zero-order valence-electron chi connectivity index (χ0n) is 11.6. The van der Waals surface area contributed by atoms with Crippen molar-refractivity contribution in [2.24, 2.45) is 5.73 Å². The van der Waals surface area contributed by atoms with Gasteiger partial charge in [0.1, 0.15) is 5.75 Å². The molecule has 3 N–H and O–H groups in total. The number of aryl methyl sites for hydroxylation is 1. The van der Waals surface area contributed by atoms with Gasteiger partial charge in [-0.25, -0.2) is 0 Å². The lowest BCUT2D eigenvalue weighted by Crippen LogP contribution is -2.36. The number of carbonyl (C=O) groups is 1. The number of hydrogen-bond donors (Lipinski definition) is 2. The van der Waals surface area contributed by atoms with Crippen LogP contribution in [0.1, 0.15) is 25.0 Å². The van der Waals surface area contributed by atoms with Crippen LogP contribution in [0.3, 0.4) is 0 Å². The van der Waals surface area contributed by atoms with Crippen molar-refractivity contribution in [1.29, 1.82) is 0 Å². The lowest BCUT2D eigenvalue weighted by atomic mass is 10.1. The molecule has 0 aromatic heterocycles. The molecule has 4 nitrogen and oxygen atoms in total. The van der Waals surface area contributed by atoms with Crippen molar-refractivity contribution in [3.8, 4) is 5.75 Å². The summed E-state index contributed by atoms with van der Waals surface area (Å²) in [6.45, 7) is 6.74. The number of nitrogens with one attached hydrogen (secondary N) is 1. The molecule has 1 aromatic carbocycles. The Labute approximate surface area is 122 Å². The van der Waals surface area contributed by atoms with Gasteiger partial charge >= 0.3 is 0 Å². The Balaban J connectivity index is 2.95. The van der Waals surface area contributed by atoms with E-state index in [4.69, 9.17) is 10.5 Å². The molecule has 106 valence electrons. The fraction of sp³-hybridized carbons (Fsp3) is 0.500. The average Bonchev–Trinajstić information content (AvgIpc) is 2.33. The lowest BCUT2D eigenvalue weighted by Gasteiger charge is -2.19. The number of nitrogens with two attached hydrogens (primary N) is 1. The van der Waals surface area contributed by atoms with Crippen LogP contribution in [0, 0.1) is 6.92 Å². The summed E-state index contributed by atoms with van der Waals surface area (Å²) in [5.41, 5.74) is 7.63. The summed E-state index contributed by atoms with van der Waals surface area (Å²) < 4.78 is 6.80. The fourth-order valence-corrected chi connectivity index (χ4v) is 2.48. The van der Waals surface area contributed by atoms with Crippen LogP contribution in [0.2, 0.25) is 0 Å². The molecule has 0 aliphatic rings. The van der Waals surface area contributed by atoms with Gasteiger partial charge in [0.2, 0.25) is 0 Å². The SMILES string of the molecule is CCNC(=O)C(C)Oc1c(C)cc(Br)cc1CCN. The summed E-state index contributed by atoms with van der Waals surface area (Å²) in [7, 11) is 0. The monoisotopic (exact) mass is 328 g/mol. The first kappa shape index (κ1) is 16.0. The summed E-state index contributed by atoms with van der Waals surface area (Å²) in [5.74, 6) is 0.649. The molecule has 0 aliphatic carbocycles. The molecule has 0 radical (unpaired) electrons. The highest BCUT2D eigenvalue weighted by Crippen LogP contribution is 2.29. The standard InChI is InChI=1S/C14H21BrN2O2/c1-4-17-14(18)10(3)19-13-9(2)7-12(15)8-11(13)5-6-16/h7-8,10H,4-6,16H2,1-3H3,(H,17,18). The second kappa shape index (κ2) is 7.50. The highest BCUT2D eigenvalue weighted by atomic mass is 79.9. The molecular formula is C14H21BrN2O2. The molecule has 1 amide bonds. The molecule has 0 saturated carbocycles. The van der Waals surface area contributed by atoms with Crippen LogP contribution < -0.4 is 15.8 Å². The molecule has 0 bridgehead atoms. The van der Waals surface area contributed by atoms with Crippen LogP contribution in [0.25, 0.3) is 0 Å². The van der Waals surface area contributed by atoms with E-state index in [1.54, 1.807) is 6.92 Å². The number of rotatable bonds is 6. The summed E-state index contributed by atoms with van der Waals surface area (Å²) in [6, 6.07) is 3.96. The zero-order valence-corrected chi connectivity index (χ0v) is 13.2. The molecule has 1 rings (SSSR count). The highest BCUT2D eigenvalue weighted by Gasteiger charge is 2.17. The molecule has 19 heavy (non-hydrogen) atoms. The van der Waals surface area contributed by atoms with Crippen molar-refractivity contribution < 1.29 is 9.53 Å². The predicted molar refractivity (Wildman–Crippen MR) is 80.4 cm³/mol. The Bertz CT molecular complexity index is 449. The molecule has 0 spiro atoms. The molecule has 5 heteroatoms. The van der Waals surface area contributed by atoms with Crippen LogP contribution in [-0.2, 0) is 11.2 Å². The molecule has 1 unspecified atom stereocenters. The Hall–Kier alpha value is -1.07. The first-order chi connectivity index (χ1) is 8.99. The topological polar surface area (TPSA) is 64.3 Å². The summed E-state index contributed by atoms with van der Waals surface area (Å²) in [5, 5.41) is 2.75. The largest absolute Gasteiger partial charge is 0.480 e. The van der Waals surface area contributed by atoms with Crippen LogP contribution >= 0.6 is 15.9 Å². The third kappa shape index (κ3) is 4.51. The summed E-state index contributed by atoms with van der Waals surface area (Å²) in [4.78, 5) is 11.7. The molecule has 0 fully saturated rings. The van der Waals surface area contributed by atoms with Crippen molar-refractivity contribution in [3.05, 3.63) is 27.7 Å². The first-order valence-corrected chi connectivity index (χ1v) is 7.22. The van der Waals surface area contributed by atoms with E-state index < -0.39 is 6.10 Å². The van der Waals surface area contributed by atoms with Gasteiger partial charge in [-0.2, -0.15) is 0 Å². The minimum atomic E-state index is -0.517. The van der Waals surface area contributed by atoms with E-state index >= 15 is 0 Å². The zero-order chi connectivity index (χ0) is 14.4. The maximum absolute atomic E-state index is 11.7. The number of carbonyl (C=O) groups excluding carboxylic acids is 1. The van der Waals surface area contributed by atoms with Crippen molar-refractivity contribution in [2.45, 2.75) is 33.3 Å². The van der Waals surface area contributed by atoms with Crippen molar-refractivity contribution in [3.63, 3.8) is 0 Å². The molecule has 0 saturated heterocycles. The minimum absolute atomic E-state index is 0.108. The average molecular weight is 329 g/mol. The number of amides is 1. The summed E-state index contributed by atoms with van der Waals surface area (Å²) in [6.07, 6.45) is 0.203. The van der Waals surface area contributed by atoms with E-state index in [-0.39, 0.29) is 5.91 Å². The van der Waals surface area contributed by atoms with Gasteiger partial charge in [-0.3, -0.25) is 4.79 Å². The van der Waals surface area contributed by atoms with E-state index in [9.17, 15) is 4.79 Å². The van der Waals surface area contributed by atoms with Crippen LogP contribution in [0.5, 0.6) is 5.75 Å². The third-order valence-electron chi connectivity index (χ3n) is 2.74. The van der Waals surface area contributed by atoms with Crippen molar-refractivity contribution in [2.75, 3.05) is 13.1 Å². The van der Waals surface area contributed by atoms with E-state index in [2.05, 4.69) is 21.2 Å². The summed E-state index contributed by atoms with van der Waals surface area (Å²) >= 11 is 3.46. The van der Waals surface area contributed by atoms with Gasteiger partial charge in [-0.1, -0.05) is 15.9 Å². The molecule has 1 atom stereocenters. The molecular weight excluding hydrogens is 308 g/mol. The highest BCUT2D eigenvalue weighted by molar-refractivity contribution is 9.10. The molecule has 0 aliphatic heterocycles. The van der Waals surface area contributed by atoms with Gasteiger partial charge in [0.05, 0.1) is 0 Å². The lowest BCUT2D eigenvalue weighted by molar-refractivity contribution is -0.127. The second-order valence-corrected chi connectivity index (χ2v) is 5.32. The number of benzene rings is 1. The maximum Gasteiger partial charge on any atom is 0.260 e. The molecule has 1 aromatic rings. The first-order valence-electron chi connectivity index (χ1n) is 6.43. The second-order valence-electron chi connectivity index (χ2n) is 4.40. The van der Waals surface area contributed by atoms with Crippen molar-refractivity contribution >= 4 is 21.8 Å². The van der Waals surface area contributed by atoms with Gasteiger partial charge < -0.3 is 15.8 Å². The van der Waals surface area contributed by atoms with E-state index in [1.807, 2.05) is 26.0 Å². The van der Waals surface area contributed by atoms with Gasteiger partial charge in [0.15, 0.2) is 6.10 Å². The smallest absolute Gasteiger partial charge is 0.260 e. The van der Waals surface area contributed by atoms with Crippen LogP contribution in [0.15, 0.2) is 16.6 Å². The van der Waals surface area contributed by atoms with E-state index in [0.717, 1.165) is 27.8 Å². The fourth-order valence-electron chi connectivity index (χ4n) is 1.86. The van der Waals surface area contributed by atoms with Crippen molar-refractivity contribution in [1.82, 2.24) is 5.32 Å². The van der Waals surface area contributed by atoms with Gasteiger partial charge in [-0.05, 0) is 57.0 Å². The number of halogens is 1. The van der Waals surface area contributed by atoms with E-state index in [1.165, 1.54) is 0 Å². The van der Waals surface area contributed by atoms with Crippen LogP contribution in [0.4, 0.5) is 0 Å². The number of likely N-dealkylation sites (N-methyl/N-ethyl adjacent to an activating group) is 1. The Kier molecular flexibility index (Phi) is 6.31.